The summed E-state index contributed by atoms with van der Waals surface area (Å²) in [5, 5.41) is 5.49. The van der Waals surface area contributed by atoms with Gasteiger partial charge >= 0.3 is 11.9 Å². The van der Waals surface area contributed by atoms with Gasteiger partial charge < -0.3 is 34.6 Å². The quantitative estimate of drug-likeness (QED) is 0.179. The van der Waals surface area contributed by atoms with Crippen molar-refractivity contribution in [2.24, 2.45) is 17.3 Å². The van der Waals surface area contributed by atoms with Crippen molar-refractivity contribution in [2.75, 3.05) is 14.2 Å². The second-order valence-electron chi connectivity index (χ2n) is 13.0. The lowest BCUT2D eigenvalue weighted by Gasteiger charge is -2.26. The number of allylic oxidation sites excluding steroid dienone is 2. The molecule has 47 heavy (non-hydrogen) atoms. The molecule has 3 aromatic heterocycles. The SMILES string of the molecule is [C-]#[N+]Cc1c2[nH]c(c1C)C=C1NC(=C3c4[nH]c(c(C)c4C(=O)C3(C)C(=O)OC)C=c3[nH]c(c(C)c3CC)=C2)C(CCC(=O)OC)C1C. The third-order valence-electron chi connectivity index (χ3n) is 10.6. The lowest BCUT2D eigenvalue weighted by molar-refractivity contribution is -0.146. The predicted molar refractivity (Wildman–Crippen MR) is 179 cm³/mol. The predicted octanol–water partition coefficient (Wildman–Crippen LogP) is 4.49. The van der Waals surface area contributed by atoms with Crippen molar-refractivity contribution in [2.45, 2.75) is 67.3 Å². The third kappa shape index (κ3) is 4.70. The van der Waals surface area contributed by atoms with Gasteiger partial charge in [-0.3, -0.25) is 14.4 Å². The maximum Gasteiger partial charge on any atom is 0.324 e. The molecule has 10 nitrogen and oxygen atoms in total. The average Bonchev–Trinajstić information content (AvgIpc) is 3.77. The van der Waals surface area contributed by atoms with Crippen molar-refractivity contribution < 1.29 is 23.9 Å². The molecule has 0 aromatic carbocycles. The highest BCUT2D eigenvalue weighted by Crippen LogP contribution is 2.53. The highest BCUT2D eigenvalue weighted by atomic mass is 16.5. The summed E-state index contributed by atoms with van der Waals surface area (Å²) in [6.45, 7) is 19.7. The minimum atomic E-state index is -1.61. The van der Waals surface area contributed by atoms with Crippen LogP contribution in [0.4, 0.5) is 0 Å². The van der Waals surface area contributed by atoms with Gasteiger partial charge in [0, 0.05) is 62.9 Å². The van der Waals surface area contributed by atoms with E-state index in [1.54, 1.807) is 6.92 Å². The molecule has 0 amide bonds. The lowest BCUT2D eigenvalue weighted by atomic mass is 9.77. The van der Waals surface area contributed by atoms with E-state index in [1.807, 2.05) is 26.0 Å². The Hall–Kier alpha value is -5.04. The monoisotopic (exact) mass is 635 g/mol. The second kappa shape index (κ2) is 11.6. The Labute approximate surface area is 273 Å². The van der Waals surface area contributed by atoms with Crippen molar-refractivity contribution in [1.29, 1.82) is 0 Å². The van der Waals surface area contributed by atoms with E-state index in [-0.39, 0.29) is 36.6 Å². The summed E-state index contributed by atoms with van der Waals surface area (Å²) in [7, 11) is 2.67. The molecule has 0 saturated carbocycles. The van der Waals surface area contributed by atoms with Gasteiger partial charge in [0.05, 0.1) is 31.2 Å². The fourth-order valence-corrected chi connectivity index (χ4v) is 7.73. The van der Waals surface area contributed by atoms with Gasteiger partial charge in [0.15, 0.2) is 11.2 Å². The molecule has 1 saturated heterocycles. The first kappa shape index (κ1) is 31.9. The van der Waals surface area contributed by atoms with Crippen LogP contribution in [0.3, 0.4) is 0 Å². The topological polar surface area (TPSA) is 133 Å². The van der Waals surface area contributed by atoms with E-state index >= 15 is 0 Å². The van der Waals surface area contributed by atoms with E-state index in [0.29, 0.717) is 28.9 Å². The van der Waals surface area contributed by atoms with Crippen LogP contribution in [-0.2, 0) is 32.0 Å². The summed E-state index contributed by atoms with van der Waals surface area (Å²) in [5.41, 5.74) is 8.95. The minimum absolute atomic E-state index is 0.111. The van der Waals surface area contributed by atoms with E-state index in [9.17, 15) is 14.4 Å². The first-order valence-corrected chi connectivity index (χ1v) is 16.0. The number of carbonyl (C=O) groups is 3. The number of aromatic amines is 3. The number of esters is 2. The molecule has 2 aliphatic heterocycles. The number of Topliss-reactive ketones (excluding diaryl/α,β-unsaturated/α-hetero) is 1. The number of fused-ring (bicyclic) bond motifs is 7. The van der Waals surface area contributed by atoms with Gasteiger partial charge in [-0.05, 0) is 81.0 Å². The zero-order valence-electron chi connectivity index (χ0n) is 28.2. The number of hydrogen-bond acceptors (Lipinski definition) is 6. The van der Waals surface area contributed by atoms with Crippen LogP contribution >= 0.6 is 0 Å². The van der Waals surface area contributed by atoms with Crippen LogP contribution in [0.25, 0.3) is 28.6 Å². The molecule has 3 aliphatic rings. The lowest BCUT2D eigenvalue weighted by Crippen LogP contribution is -2.36. The first-order chi connectivity index (χ1) is 22.4. The van der Waals surface area contributed by atoms with Crippen molar-refractivity contribution in [3.05, 3.63) is 89.7 Å². The number of ketones is 1. The van der Waals surface area contributed by atoms with Gasteiger partial charge in [0.2, 0.25) is 6.54 Å². The number of H-pyrrole nitrogens is 3. The number of nitrogens with one attached hydrogen (secondary N) is 4. The molecule has 0 radical (unpaired) electrons. The normalized spacial score (nSPS) is 21.1. The van der Waals surface area contributed by atoms with Crippen LogP contribution in [0.2, 0.25) is 0 Å². The molecule has 0 spiro atoms. The van der Waals surface area contributed by atoms with Crippen LogP contribution in [0.1, 0.15) is 94.6 Å². The third-order valence-corrected chi connectivity index (χ3v) is 10.6. The Morgan fingerprint density at radius 3 is 2.30 bits per heavy atom. The molecule has 5 heterocycles. The van der Waals surface area contributed by atoms with E-state index in [4.69, 9.17) is 16.0 Å². The molecule has 244 valence electrons. The number of rotatable bonds is 6. The van der Waals surface area contributed by atoms with Crippen LogP contribution in [0.5, 0.6) is 0 Å². The largest absolute Gasteiger partial charge is 0.469 e. The summed E-state index contributed by atoms with van der Waals surface area (Å²) in [6, 6.07) is 0. The van der Waals surface area contributed by atoms with Gasteiger partial charge in [0.25, 0.3) is 0 Å². The summed E-state index contributed by atoms with van der Waals surface area (Å²) in [5.74, 6) is -1.65. The number of nitrogens with zero attached hydrogens (tertiary/aromatic N) is 1. The molecule has 6 rings (SSSR count). The van der Waals surface area contributed by atoms with Crippen molar-refractivity contribution >= 4 is 41.5 Å². The maximum absolute atomic E-state index is 14.4. The Morgan fingerprint density at radius 2 is 1.64 bits per heavy atom. The van der Waals surface area contributed by atoms with Gasteiger partial charge in [-0.15, -0.1) is 0 Å². The zero-order valence-corrected chi connectivity index (χ0v) is 28.2. The fourth-order valence-electron chi connectivity index (χ4n) is 7.73. The molecule has 8 bridgehead atoms. The van der Waals surface area contributed by atoms with E-state index in [1.165, 1.54) is 14.2 Å². The average molecular weight is 636 g/mol. The Kier molecular flexibility index (Phi) is 7.91. The number of carbonyl (C=O) groups excluding carboxylic acids is 3. The molecular weight excluding hydrogens is 594 g/mol. The molecule has 3 atom stereocenters. The Balaban J connectivity index is 1.74. The molecular formula is C37H41N5O5. The number of aromatic nitrogens is 3. The van der Waals surface area contributed by atoms with Crippen LogP contribution in [0, 0.1) is 44.6 Å². The van der Waals surface area contributed by atoms with Gasteiger partial charge in [0.1, 0.15) is 0 Å². The molecule has 1 aliphatic carbocycles. The van der Waals surface area contributed by atoms with E-state index < -0.39 is 11.4 Å². The molecule has 1 fully saturated rings. The highest BCUT2D eigenvalue weighted by Gasteiger charge is 2.57. The summed E-state index contributed by atoms with van der Waals surface area (Å²) < 4.78 is 10.3. The first-order valence-electron chi connectivity index (χ1n) is 16.0. The summed E-state index contributed by atoms with van der Waals surface area (Å²) in [4.78, 5) is 54.9. The molecule has 3 aromatic rings. The summed E-state index contributed by atoms with van der Waals surface area (Å²) in [6.07, 6.45) is 7.55. The maximum atomic E-state index is 14.4. The smallest absolute Gasteiger partial charge is 0.324 e. The second-order valence-corrected chi connectivity index (χ2v) is 13.0. The minimum Gasteiger partial charge on any atom is -0.469 e. The van der Waals surface area contributed by atoms with Crippen molar-refractivity contribution in [1.82, 2.24) is 20.3 Å². The Bertz CT molecular complexity index is 2100. The van der Waals surface area contributed by atoms with Crippen LogP contribution in [-0.4, -0.2) is 46.9 Å². The van der Waals surface area contributed by atoms with Gasteiger partial charge in [-0.1, -0.05) is 13.8 Å². The fraction of sp³-hybridized carbons (Fsp3) is 0.405. The summed E-state index contributed by atoms with van der Waals surface area (Å²) >= 11 is 0. The van der Waals surface area contributed by atoms with Gasteiger partial charge in [-0.25, -0.2) is 6.57 Å². The Morgan fingerprint density at radius 1 is 0.936 bits per heavy atom. The molecule has 3 unspecified atom stereocenters. The standard InChI is InChI=1S/C37H41N5O5/c1-10-21-17(2)25-14-29-23(16-38-7)19(4)24(40-29)13-26-18(3)22(11-12-30(43)46-8)33(41-26)32-34-31(35(44)37(32,6)36(45)47-9)20(5)27(42-34)15-28(21)39-25/h13-15,18,22,39-42H,10-12,16H2,1-6,8-9H3. The van der Waals surface area contributed by atoms with Crippen LogP contribution < -0.4 is 16.0 Å². The number of ether oxygens (including phenoxy) is 2. The molecule has 10 heteroatoms. The molecule has 4 N–H and O–H groups in total. The number of methoxy groups -OCH3 is 2. The van der Waals surface area contributed by atoms with Crippen molar-refractivity contribution in [3.63, 3.8) is 0 Å². The van der Waals surface area contributed by atoms with E-state index in [2.05, 4.69) is 52.0 Å². The van der Waals surface area contributed by atoms with Gasteiger partial charge in [-0.2, -0.15) is 0 Å². The zero-order chi connectivity index (χ0) is 33.9. The van der Waals surface area contributed by atoms with Crippen LogP contribution in [0.15, 0.2) is 11.4 Å². The van der Waals surface area contributed by atoms with Crippen molar-refractivity contribution in [3.8, 4) is 0 Å². The number of hydrogen-bond donors (Lipinski definition) is 4. The van der Waals surface area contributed by atoms with E-state index in [0.717, 1.165) is 67.7 Å². The highest BCUT2D eigenvalue weighted by molar-refractivity contribution is 6.28.